The predicted octanol–water partition coefficient (Wildman–Crippen LogP) is 22.2. The van der Waals surface area contributed by atoms with Crippen LogP contribution in [0.3, 0.4) is 0 Å². The summed E-state index contributed by atoms with van der Waals surface area (Å²) in [6.07, 6.45) is 50.9. The van der Waals surface area contributed by atoms with Gasteiger partial charge in [-0.05, 0) is 223 Å². The number of fused-ring (bicyclic) bond motifs is 5. The van der Waals surface area contributed by atoms with Crippen molar-refractivity contribution in [3.8, 4) is 46.0 Å². The molecule has 12 rings (SSSR count). The first-order valence-corrected chi connectivity index (χ1v) is 48.5. The largest absolute Gasteiger partial charge is 0.508 e. The summed E-state index contributed by atoms with van der Waals surface area (Å²) in [5.41, 5.74) is 9.09. The lowest BCUT2D eigenvalue weighted by atomic mass is 9.94. The molecule has 33 nitrogen and oxygen atoms in total. The number of allylic oxidation sites excluding steroid dienone is 15. The first kappa shape index (κ1) is 116. The van der Waals surface area contributed by atoms with Gasteiger partial charge < -0.3 is 93.8 Å². The molecule has 780 valence electrons. The number of nitrogens with zero attached hydrogens (tertiary/aromatic N) is 6. The maximum absolute atomic E-state index is 13.3. The number of phenols is 8. The molecule has 33 heteroatoms. The third-order valence-electron chi connectivity index (χ3n) is 22.4. The summed E-state index contributed by atoms with van der Waals surface area (Å²) < 4.78 is 32.2. The molecule has 0 aliphatic carbocycles. The second-order valence-electron chi connectivity index (χ2n) is 35.3. The van der Waals surface area contributed by atoms with Gasteiger partial charge in [0.05, 0.1) is 46.2 Å². The van der Waals surface area contributed by atoms with Crippen molar-refractivity contribution in [2.75, 3.05) is 20.3 Å². The third kappa shape index (κ3) is 41.1. The summed E-state index contributed by atoms with van der Waals surface area (Å²) >= 11 is 0. The zero-order chi connectivity index (χ0) is 107. The number of nitro groups is 1. The minimum absolute atomic E-state index is 0.0180. The van der Waals surface area contributed by atoms with Crippen molar-refractivity contribution >= 4 is 70.1 Å². The monoisotopic (exact) mass is 2020 g/mol. The molecule has 0 radical (unpaired) electrons. The average molecular weight is 2020 g/mol. The van der Waals surface area contributed by atoms with Crippen LogP contribution < -0.4 is 0 Å². The fraction of sp³-hybridized carbons (Fsp3) is 0.342. The quantitative estimate of drug-likeness (QED) is 0.00928. The van der Waals surface area contributed by atoms with Crippen LogP contribution in [0.4, 0.5) is 5.69 Å². The van der Waals surface area contributed by atoms with E-state index < -0.39 is 40.5 Å². The van der Waals surface area contributed by atoms with Crippen molar-refractivity contribution in [1.29, 1.82) is 0 Å². The minimum Gasteiger partial charge on any atom is -0.508 e. The van der Waals surface area contributed by atoms with E-state index >= 15 is 0 Å². The zero-order valence-electron chi connectivity index (χ0n) is 84.3. The standard InChI is InChI=1S/C29H35NO3.C25H26N2O7.C21H25NO7.C21H25NO5.C18H21NO5/c1-21(2)27-16-12-7-5-6-11-15-26(30-32-20-24-13-9-8-10-14-24)19-25-18-22(3)17-23(4)28(25)29(31)33-27;1-17-7-5-3-2-4-6-8-20(26-33-16-18-9-11-21(12-10-18)27(31)32)13-19-14-22(28)15-23(29)24(19)25(30)34-17;1-14-8-6-4-3-5-7-9-16(22-28-13-19(25)27-2)10-15-11-17(23)12-18(24)20(15)21(26)29-14;1-3-11-26-22-17-10-8-6-4-5-7-9-15(2)27-21(25)20-16(12-17)13-18(23)14-19(20)24;1-12-7-5-3-2-4-6-8-14(19-23)9-13-10-15(20)11-16(21)17(13)18(22)24-12/h7-15,17-18,21,27H,5-6,16,19-20H2,1-4H3;3,5-6,8-12,14-15,17,28-29H,2,4,7,13,16H2,1H3;4,6-7,9,11-12,14,23-24H,3,5,8,10,13H2,1-2H3;3,5,7-8,10,13-15,23-24H,1,4,6,9,11-12H2,2H3;3,5-6,8,10-12,20-21,23H,2,4,7,9H2,1H3/b12-7+,15-11+,30-26?;5-3+,8-6+,26-20?;6-4+,9-7+,22-16?;7-5+,10-8+,22-17?;5-3+,8-6+,19-14?/t27-;;;;/m0..../s1. The lowest BCUT2D eigenvalue weighted by molar-refractivity contribution is -0.384. The SMILES string of the molecule is C=CCON=C1/C=C/CC/C=C/CC(C)OC(=O)c2c(O)cc(O)cc2C1.CC1C/C=C/CC/C=C/C(=NO)Cc2cc(O)cc(O)c2C(=O)O1.CC1C/C=C/CC/C=C/C(=NOCc2ccc([N+](=O)[O-])cc2)Cc2cc(O)cc(O)c2C(=O)O1.COC(=O)CON=C1/C=C/CC/C=C/CC(C)OC(=O)c2c(O)cc(O)cc2C1.Cc1cc(C)c2c(c1)CC(=NOCc1ccccc1)/C=C/CC/C=C/C[C@@H](C(C)C)OC2=O. The van der Waals surface area contributed by atoms with Crippen molar-refractivity contribution in [3.05, 3.63) is 337 Å². The van der Waals surface area contributed by atoms with Gasteiger partial charge in [-0.3, -0.25) is 10.1 Å². The molecule has 5 aliphatic heterocycles. The normalized spacial score (nSPS) is 21.4. The molecule has 5 aliphatic rings. The van der Waals surface area contributed by atoms with Gasteiger partial charge >= 0.3 is 35.8 Å². The predicted molar refractivity (Wildman–Crippen MR) is 560 cm³/mol. The fourth-order valence-corrected chi connectivity index (χ4v) is 15.2. The molecule has 0 spiro atoms. The van der Waals surface area contributed by atoms with Gasteiger partial charge in [-0.1, -0.05) is 191 Å². The van der Waals surface area contributed by atoms with E-state index in [4.69, 9.17) is 48.2 Å². The Hall–Kier alpha value is -16.4. The maximum atomic E-state index is 13.3. The number of non-ortho nitro benzene ring substituents is 1. The van der Waals surface area contributed by atoms with Crippen LogP contribution in [-0.4, -0.2) is 166 Å². The number of hydrogen-bond donors (Lipinski definition) is 9. The van der Waals surface area contributed by atoms with Crippen LogP contribution in [-0.2, 0) is 97.9 Å². The molecular formula is C114H132N6O27. The number of rotatable bonds is 14. The first-order chi connectivity index (χ1) is 70.7. The van der Waals surface area contributed by atoms with Crippen molar-refractivity contribution < 1.29 is 128 Å². The van der Waals surface area contributed by atoms with Gasteiger partial charge in [-0.15, -0.1) is 0 Å². The molecule has 0 aromatic heterocycles. The van der Waals surface area contributed by atoms with Gasteiger partial charge in [0, 0.05) is 101 Å². The number of benzene rings is 7. The van der Waals surface area contributed by atoms with Gasteiger partial charge in [-0.25, -0.2) is 28.8 Å². The number of aromatic hydroxyl groups is 8. The third-order valence-corrected chi connectivity index (χ3v) is 22.4. The Balaban J connectivity index is 0.000000225. The summed E-state index contributed by atoms with van der Waals surface area (Å²) in [4.78, 5) is 107. The van der Waals surface area contributed by atoms with Crippen LogP contribution in [0.5, 0.6) is 46.0 Å². The number of hydrogen-bond acceptors (Lipinski definition) is 32. The summed E-state index contributed by atoms with van der Waals surface area (Å²) in [6.45, 7) is 19.2. The topological polar surface area (TPSA) is 482 Å². The van der Waals surface area contributed by atoms with E-state index in [1.54, 1.807) is 64.1 Å². The Labute approximate surface area is 856 Å². The van der Waals surface area contributed by atoms with Crippen molar-refractivity contribution in [2.24, 2.45) is 31.7 Å². The van der Waals surface area contributed by atoms with Crippen LogP contribution in [0.1, 0.15) is 240 Å². The van der Waals surface area contributed by atoms with Gasteiger partial charge in [0.15, 0.2) is 0 Å². The van der Waals surface area contributed by atoms with Crippen LogP contribution in [0, 0.1) is 29.9 Å². The Morgan fingerprint density at radius 2 is 0.721 bits per heavy atom. The summed E-state index contributed by atoms with van der Waals surface area (Å²) in [7, 11) is 1.24. The van der Waals surface area contributed by atoms with Crippen LogP contribution in [0.25, 0.3) is 0 Å². The number of phenolic OH excluding ortho intramolecular Hbond substituents is 8. The van der Waals surface area contributed by atoms with E-state index in [2.05, 4.69) is 75.2 Å². The lowest BCUT2D eigenvalue weighted by Crippen LogP contribution is -2.25. The minimum atomic E-state index is -0.700. The molecule has 9 N–H and O–H groups in total. The molecule has 0 saturated carbocycles. The Bertz CT molecular complexity index is 6110. The number of aryl methyl sites for hydroxylation is 2. The highest BCUT2D eigenvalue weighted by molar-refractivity contribution is 6.04. The van der Waals surface area contributed by atoms with E-state index in [0.29, 0.717) is 94.9 Å². The summed E-state index contributed by atoms with van der Waals surface area (Å²) in [5.74, 6) is -5.53. The molecule has 0 amide bonds. The Morgan fingerprint density at radius 1 is 0.408 bits per heavy atom. The molecule has 7 aromatic rings. The highest BCUT2D eigenvalue weighted by Gasteiger charge is 2.30. The van der Waals surface area contributed by atoms with Crippen LogP contribution in [0.15, 0.2) is 275 Å². The molecule has 5 heterocycles. The number of nitro benzene ring substituents is 1. The summed E-state index contributed by atoms with van der Waals surface area (Å²) in [6, 6.07) is 29.9. The summed E-state index contributed by atoms with van der Waals surface area (Å²) in [5, 5.41) is 120. The maximum Gasteiger partial charge on any atom is 0.346 e. The molecule has 0 bridgehead atoms. The van der Waals surface area contributed by atoms with Crippen molar-refractivity contribution in [3.63, 3.8) is 0 Å². The lowest BCUT2D eigenvalue weighted by Gasteiger charge is -2.22. The van der Waals surface area contributed by atoms with Crippen molar-refractivity contribution in [1.82, 2.24) is 0 Å². The number of esters is 6. The number of ether oxygens (including phenoxy) is 6. The first-order valence-electron chi connectivity index (χ1n) is 48.5. The Morgan fingerprint density at radius 3 is 1.06 bits per heavy atom. The zero-order valence-corrected chi connectivity index (χ0v) is 84.3. The Kier molecular flexibility index (Phi) is 49.1. The average Bonchev–Trinajstić information content (AvgIpc) is 0.834. The molecule has 4 unspecified atom stereocenters. The van der Waals surface area contributed by atoms with E-state index in [9.17, 15) is 79.7 Å². The van der Waals surface area contributed by atoms with E-state index in [1.165, 1.54) is 43.5 Å². The number of carbonyl (C=O) groups excluding carboxylic acids is 6. The van der Waals surface area contributed by atoms with Gasteiger partial charge in [0.1, 0.15) is 119 Å². The smallest absolute Gasteiger partial charge is 0.346 e. The fourth-order valence-electron chi connectivity index (χ4n) is 15.2. The number of oxime groups is 5. The van der Waals surface area contributed by atoms with Gasteiger partial charge in [0.25, 0.3) is 5.69 Å². The van der Waals surface area contributed by atoms with E-state index in [0.717, 1.165) is 123 Å². The van der Waals surface area contributed by atoms with Crippen LogP contribution in [0.2, 0.25) is 0 Å². The molecule has 0 saturated heterocycles. The van der Waals surface area contributed by atoms with E-state index in [1.807, 2.05) is 135 Å². The number of methoxy groups -OCH3 is 1. The number of carbonyl (C=O) groups is 6. The molecular weight excluding hydrogens is 1890 g/mol. The second kappa shape index (κ2) is 62.3. The van der Waals surface area contributed by atoms with Gasteiger partial charge in [0.2, 0.25) is 6.61 Å². The molecule has 0 fully saturated rings. The van der Waals surface area contributed by atoms with E-state index in [-0.39, 0.29) is 156 Å². The van der Waals surface area contributed by atoms with Crippen molar-refractivity contribution in [2.45, 2.75) is 228 Å². The highest BCUT2D eigenvalue weighted by atomic mass is 16.7. The molecule has 7 aromatic carbocycles. The highest BCUT2D eigenvalue weighted by Crippen LogP contribution is 2.36. The van der Waals surface area contributed by atoms with Crippen LogP contribution >= 0.6 is 0 Å². The van der Waals surface area contributed by atoms with Gasteiger partial charge in [-0.2, -0.15) is 0 Å². The second-order valence-corrected chi connectivity index (χ2v) is 35.3. The molecule has 147 heavy (non-hydrogen) atoms. The molecule has 5 atom stereocenters. The number of cyclic esters (lactones) is 5.